The fourth-order valence-electron chi connectivity index (χ4n) is 11.7. The van der Waals surface area contributed by atoms with Crippen LogP contribution in [0.3, 0.4) is 0 Å². The lowest BCUT2D eigenvalue weighted by Gasteiger charge is -2.72. The van der Waals surface area contributed by atoms with Crippen LogP contribution in [0.2, 0.25) is 0 Å². The predicted octanol–water partition coefficient (Wildman–Crippen LogP) is 7.80. The van der Waals surface area contributed by atoms with Crippen molar-refractivity contribution in [3.05, 3.63) is 34.5 Å². The maximum absolute atomic E-state index is 11.4. The molecule has 0 aromatic carbocycles. The van der Waals surface area contributed by atoms with Crippen LogP contribution in [-0.2, 0) is 0 Å². The molecular weight excluding hydrogens is 434 g/mol. The summed E-state index contributed by atoms with van der Waals surface area (Å²) >= 11 is 0. The molecule has 0 spiro atoms. The molecule has 0 aromatic rings. The minimum Gasteiger partial charge on any atom is -0.393 e. The van der Waals surface area contributed by atoms with Gasteiger partial charge in [0.2, 0.25) is 6.20 Å². The van der Waals surface area contributed by atoms with Crippen molar-refractivity contribution in [2.24, 2.45) is 56.7 Å². The van der Waals surface area contributed by atoms with Gasteiger partial charge in [-0.3, -0.25) is 10.1 Å². The van der Waals surface area contributed by atoms with E-state index in [2.05, 4.69) is 48.1 Å². The van der Waals surface area contributed by atoms with Gasteiger partial charge in [0.1, 0.15) is 0 Å². The Morgan fingerprint density at radius 1 is 0.914 bits per heavy atom. The van der Waals surface area contributed by atoms with Crippen molar-refractivity contribution in [1.82, 2.24) is 0 Å². The summed E-state index contributed by atoms with van der Waals surface area (Å²) < 4.78 is 0. The van der Waals surface area contributed by atoms with E-state index in [-0.39, 0.29) is 38.1 Å². The largest absolute Gasteiger partial charge is 0.393 e. The molecule has 0 aliphatic heterocycles. The third-order valence-electron chi connectivity index (χ3n) is 13.6. The van der Waals surface area contributed by atoms with Crippen LogP contribution in [0.5, 0.6) is 0 Å². The van der Waals surface area contributed by atoms with Gasteiger partial charge < -0.3 is 5.11 Å². The number of nitro groups is 1. The minimum absolute atomic E-state index is 0.0162. The Hall–Kier alpha value is -1.16. The molecule has 35 heavy (non-hydrogen) atoms. The summed E-state index contributed by atoms with van der Waals surface area (Å²) in [5.74, 6) is 2.82. The van der Waals surface area contributed by atoms with Gasteiger partial charge in [-0.2, -0.15) is 0 Å². The van der Waals surface area contributed by atoms with Crippen molar-refractivity contribution in [2.45, 2.75) is 112 Å². The van der Waals surface area contributed by atoms with E-state index in [1.807, 2.05) is 6.08 Å². The first-order valence-electron chi connectivity index (χ1n) is 14.4. The van der Waals surface area contributed by atoms with Gasteiger partial charge >= 0.3 is 0 Å². The van der Waals surface area contributed by atoms with E-state index >= 15 is 0 Å². The standard InChI is InChI=1S/C31H49NO3/c1-20(2)21-10-15-31(18-19-32(34)35)17-16-29(6)22(26(21)31)8-9-24-28(5)13-12-25(33)27(3,4)23(28)11-14-30(24,29)7/h18-19,21-26,33H,1,8-17H2,2-7H3/b19-18+/t21?,22?,23?,24?,25-,26?,28-,29+,30+,31+/m0/s1. The van der Waals surface area contributed by atoms with Gasteiger partial charge in [-0.05, 0) is 134 Å². The average Bonchev–Trinajstić information content (AvgIpc) is 3.16. The Kier molecular flexibility index (Phi) is 5.77. The molecule has 0 saturated heterocycles. The Labute approximate surface area is 213 Å². The van der Waals surface area contributed by atoms with Crippen molar-refractivity contribution in [1.29, 1.82) is 0 Å². The third-order valence-corrected chi connectivity index (χ3v) is 13.6. The molecule has 5 aliphatic rings. The van der Waals surface area contributed by atoms with Crippen LogP contribution in [0.4, 0.5) is 0 Å². The smallest absolute Gasteiger partial charge is 0.231 e. The van der Waals surface area contributed by atoms with Crippen LogP contribution < -0.4 is 0 Å². The maximum atomic E-state index is 11.4. The highest BCUT2D eigenvalue weighted by Crippen LogP contribution is 2.77. The number of fused-ring (bicyclic) bond motifs is 7. The molecule has 5 fully saturated rings. The van der Waals surface area contributed by atoms with E-state index in [1.165, 1.54) is 43.9 Å². The lowest BCUT2D eigenvalue weighted by Crippen LogP contribution is -2.66. The first-order chi connectivity index (χ1) is 16.2. The average molecular weight is 484 g/mol. The first-order valence-corrected chi connectivity index (χ1v) is 14.4. The summed E-state index contributed by atoms with van der Waals surface area (Å²) in [6.07, 6.45) is 14.6. The minimum atomic E-state index is -0.257. The van der Waals surface area contributed by atoms with E-state index in [0.29, 0.717) is 29.6 Å². The molecule has 0 heterocycles. The van der Waals surface area contributed by atoms with Crippen LogP contribution in [0.25, 0.3) is 0 Å². The van der Waals surface area contributed by atoms with Gasteiger partial charge in [0.05, 0.1) is 11.0 Å². The Morgan fingerprint density at radius 3 is 2.29 bits per heavy atom. The number of nitrogens with zero attached hydrogens (tertiary/aromatic N) is 1. The van der Waals surface area contributed by atoms with Gasteiger partial charge in [-0.15, -0.1) is 0 Å². The molecule has 0 amide bonds. The molecule has 5 unspecified atom stereocenters. The number of hydrogen-bond acceptors (Lipinski definition) is 3. The summed E-state index contributed by atoms with van der Waals surface area (Å²) in [6, 6.07) is 0. The molecule has 5 rings (SSSR count). The van der Waals surface area contributed by atoms with Crippen molar-refractivity contribution in [3.8, 4) is 0 Å². The topological polar surface area (TPSA) is 63.4 Å². The molecule has 196 valence electrons. The third kappa shape index (κ3) is 3.26. The predicted molar refractivity (Wildman–Crippen MR) is 141 cm³/mol. The monoisotopic (exact) mass is 483 g/mol. The quantitative estimate of drug-likeness (QED) is 0.253. The number of hydrogen-bond donors (Lipinski definition) is 1. The molecule has 4 heteroatoms. The molecule has 1 N–H and O–H groups in total. The van der Waals surface area contributed by atoms with Gasteiger partial charge in [-0.1, -0.05) is 46.8 Å². The van der Waals surface area contributed by atoms with E-state index in [9.17, 15) is 15.2 Å². The van der Waals surface area contributed by atoms with Crippen LogP contribution in [-0.4, -0.2) is 16.1 Å². The summed E-state index contributed by atoms with van der Waals surface area (Å²) in [5.41, 5.74) is 2.04. The molecule has 0 aromatic heterocycles. The summed E-state index contributed by atoms with van der Waals surface area (Å²) in [6.45, 7) is 19.1. The van der Waals surface area contributed by atoms with Crippen LogP contribution in [0, 0.1) is 66.8 Å². The first kappa shape index (κ1) is 25.5. The molecule has 0 bridgehead atoms. The van der Waals surface area contributed by atoms with Crippen molar-refractivity contribution in [2.75, 3.05) is 0 Å². The Morgan fingerprint density at radius 2 is 1.63 bits per heavy atom. The van der Waals surface area contributed by atoms with Gasteiger partial charge in [-0.25, -0.2) is 0 Å². The highest BCUT2D eigenvalue weighted by molar-refractivity contribution is 5.24. The number of aliphatic hydroxyl groups excluding tert-OH is 1. The Bertz CT molecular complexity index is 940. The fourth-order valence-corrected chi connectivity index (χ4v) is 11.7. The van der Waals surface area contributed by atoms with Crippen LogP contribution in [0.1, 0.15) is 106 Å². The van der Waals surface area contributed by atoms with Crippen LogP contribution >= 0.6 is 0 Å². The molecule has 5 saturated carbocycles. The van der Waals surface area contributed by atoms with Crippen molar-refractivity contribution >= 4 is 0 Å². The zero-order valence-electron chi connectivity index (χ0n) is 23.1. The highest BCUT2D eigenvalue weighted by Gasteiger charge is 2.70. The second-order valence-corrected chi connectivity index (χ2v) is 14.9. The lowest BCUT2D eigenvalue weighted by molar-refractivity contribution is -0.403. The van der Waals surface area contributed by atoms with E-state index < -0.39 is 0 Å². The van der Waals surface area contributed by atoms with Crippen molar-refractivity contribution < 1.29 is 10.0 Å². The molecule has 10 atom stereocenters. The second-order valence-electron chi connectivity index (χ2n) is 14.9. The summed E-state index contributed by atoms with van der Waals surface area (Å²) in [7, 11) is 0. The van der Waals surface area contributed by atoms with Gasteiger partial charge in [0.15, 0.2) is 0 Å². The van der Waals surface area contributed by atoms with E-state index in [1.54, 1.807) is 0 Å². The Balaban J connectivity index is 1.55. The molecule has 4 nitrogen and oxygen atoms in total. The van der Waals surface area contributed by atoms with Gasteiger partial charge in [0, 0.05) is 0 Å². The fraction of sp³-hybridized carbons (Fsp3) is 0.871. The number of aliphatic hydroxyl groups is 1. The van der Waals surface area contributed by atoms with E-state index in [0.717, 1.165) is 32.1 Å². The van der Waals surface area contributed by atoms with Crippen LogP contribution in [0.15, 0.2) is 24.4 Å². The van der Waals surface area contributed by atoms with Crippen molar-refractivity contribution in [3.63, 3.8) is 0 Å². The molecule has 0 radical (unpaired) electrons. The summed E-state index contributed by atoms with van der Waals surface area (Å²) in [5, 5.41) is 22.3. The highest BCUT2D eigenvalue weighted by atomic mass is 16.6. The molecular formula is C31H49NO3. The number of rotatable bonds is 3. The zero-order valence-corrected chi connectivity index (χ0v) is 23.1. The van der Waals surface area contributed by atoms with Gasteiger partial charge in [0.25, 0.3) is 0 Å². The summed E-state index contributed by atoms with van der Waals surface area (Å²) in [4.78, 5) is 11.1. The normalized spacial score (nSPS) is 52.8. The molecule has 5 aliphatic carbocycles. The maximum Gasteiger partial charge on any atom is 0.231 e. The lowest BCUT2D eigenvalue weighted by atomic mass is 9.32. The SMILES string of the molecule is C=C(C)C1CC[C@]2(/C=C/[N+](=O)[O-])CC[C@]3(C)C(CCC4[C@@]5(C)CC[C@H](O)C(C)(C)C5CC[C@]43C)C12. The second kappa shape index (κ2) is 7.92. The number of allylic oxidation sites excluding steroid dienone is 2. The van der Waals surface area contributed by atoms with E-state index in [4.69, 9.17) is 0 Å². The zero-order chi connectivity index (χ0) is 25.6.